The molecular formula is C17H22N2O3S2. The van der Waals surface area contributed by atoms with Gasteiger partial charge in [-0.3, -0.25) is 4.79 Å². The zero-order chi connectivity index (χ0) is 17.3. The number of amidine groups is 1. The molecule has 1 aromatic rings. The minimum Gasteiger partial charge on any atom is -0.316 e. The number of hydrogen-bond donors (Lipinski definition) is 0. The lowest BCUT2D eigenvalue weighted by Gasteiger charge is -2.24. The first-order valence-corrected chi connectivity index (χ1v) is 11.0. The van der Waals surface area contributed by atoms with Gasteiger partial charge in [-0.05, 0) is 25.0 Å². The van der Waals surface area contributed by atoms with E-state index in [4.69, 9.17) is 0 Å². The van der Waals surface area contributed by atoms with Crippen molar-refractivity contribution in [2.24, 2.45) is 10.9 Å². The molecule has 2 aliphatic rings. The largest absolute Gasteiger partial charge is 0.316 e. The Morgan fingerprint density at radius 1 is 1.25 bits per heavy atom. The van der Waals surface area contributed by atoms with E-state index >= 15 is 0 Å². The monoisotopic (exact) mass is 366 g/mol. The number of amides is 1. The van der Waals surface area contributed by atoms with Crippen LogP contribution in [0.3, 0.4) is 0 Å². The number of hydrogen-bond acceptors (Lipinski definition) is 4. The Morgan fingerprint density at radius 2 is 1.92 bits per heavy atom. The summed E-state index contributed by atoms with van der Waals surface area (Å²) in [4.78, 5) is 18.8. The number of nitrogens with zero attached hydrogens (tertiary/aromatic N) is 2. The number of rotatable bonds is 4. The molecule has 2 heterocycles. The van der Waals surface area contributed by atoms with Crippen LogP contribution in [-0.2, 0) is 14.6 Å². The fourth-order valence-corrected chi connectivity index (χ4v) is 7.20. The minimum atomic E-state index is -3.03. The number of aliphatic imine (C=N–C) groups is 1. The number of fused-ring (bicyclic) bond motifs is 1. The van der Waals surface area contributed by atoms with Crippen LogP contribution in [0.1, 0.15) is 26.7 Å². The van der Waals surface area contributed by atoms with Crippen molar-refractivity contribution >= 4 is 38.4 Å². The van der Waals surface area contributed by atoms with Crippen molar-refractivity contribution in [1.82, 2.24) is 0 Å². The molecule has 0 aromatic heterocycles. The Bertz CT molecular complexity index is 742. The van der Waals surface area contributed by atoms with Gasteiger partial charge in [0, 0.05) is 16.9 Å². The first-order chi connectivity index (χ1) is 11.4. The SMILES string of the molecule is CCC(CC)C(=O)N=C1S[C@H]2CS(=O)(=O)C[C@H]2N1c1ccccc1. The topological polar surface area (TPSA) is 66.8 Å². The normalized spacial score (nSPS) is 27.0. The van der Waals surface area contributed by atoms with Crippen LogP contribution in [0.4, 0.5) is 5.69 Å². The highest BCUT2D eigenvalue weighted by molar-refractivity contribution is 8.16. The van der Waals surface area contributed by atoms with Gasteiger partial charge in [0.05, 0.1) is 17.5 Å². The third-order valence-corrected chi connectivity index (χ3v) is 7.85. The second-order valence-electron chi connectivity index (χ2n) is 6.25. The summed E-state index contributed by atoms with van der Waals surface area (Å²) in [6.45, 7) is 3.98. The number of para-hydroxylation sites is 1. The Hall–Kier alpha value is -1.34. The van der Waals surface area contributed by atoms with Gasteiger partial charge in [-0.25, -0.2) is 8.42 Å². The van der Waals surface area contributed by atoms with Crippen LogP contribution in [0.25, 0.3) is 0 Å². The number of carbonyl (C=O) groups is 1. The average Bonchev–Trinajstić information content (AvgIpc) is 3.00. The number of sulfone groups is 1. The van der Waals surface area contributed by atoms with Gasteiger partial charge in [0.25, 0.3) is 5.91 Å². The van der Waals surface area contributed by atoms with Crippen molar-refractivity contribution in [3.8, 4) is 0 Å². The van der Waals surface area contributed by atoms with Gasteiger partial charge < -0.3 is 4.90 Å². The van der Waals surface area contributed by atoms with E-state index in [0.29, 0.717) is 5.17 Å². The molecule has 3 rings (SSSR count). The summed E-state index contributed by atoms with van der Waals surface area (Å²) >= 11 is 1.43. The van der Waals surface area contributed by atoms with Crippen LogP contribution in [-0.4, -0.2) is 42.3 Å². The van der Waals surface area contributed by atoms with E-state index in [0.717, 1.165) is 18.5 Å². The molecule has 5 nitrogen and oxygen atoms in total. The van der Waals surface area contributed by atoms with Gasteiger partial charge in [-0.15, -0.1) is 0 Å². The van der Waals surface area contributed by atoms with Gasteiger partial charge in [0.2, 0.25) is 0 Å². The summed E-state index contributed by atoms with van der Waals surface area (Å²) in [6.07, 6.45) is 1.53. The number of anilines is 1. The predicted molar refractivity (Wildman–Crippen MR) is 99.3 cm³/mol. The maximum absolute atomic E-state index is 12.4. The highest BCUT2D eigenvalue weighted by Crippen LogP contribution is 2.41. The van der Waals surface area contributed by atoms with E-state index in [2.05, 4.69) is 4.99 Å². The molecule has 0 unspecified atom stereocenters. The first kappa shape index (κ1) is 17.5. The van der Waals surface area contributed by atoms with Crippen molar-refractivity contribution in [1.29, 1.82) is 0 Å². The van der Waals surface area contributed by atoms with Crippen LogP contribution in [0.5, 0.6) is 0 Å². The van der Waals surface area contributed by atoms with Crippen LogP contribution in [0, 0.1) is 5.92 Å². The lowest BCUT2D eigenvalue weighted by Crippen LogP contribution is -2.37. The summed E-state index contributed by atoms with van der Waals surface area (Å²) < 4.78 is 24.0. The van der Waals surface area contributed by atoms with E-state index in [-0.39, 0.29) is 34.6 Å². The molecule has 2 fully saturated rings. The molecule has 0 saturated carbocycles. The van der Waals surface area contributed by atoms with Crippen LogP contribution in [0.15, 0.2) is 35.3 Å². The Morgan fingerprint density at radius 3 is 2.54 bits per heavy atom. The Balaban J connectivity index is 1.96. The Kier molecular flexibility index (Phi) is 5.01. The lowest BCUT2D eigenvalue weighted by molar-refractivity contribution is -0.121. The minimum absolute atomic E-state index is 0.0524. The third kappa shape index (κ3) is 3.37. The van der Waals surface area contributed by atoms with Crippen molar-refractivity contribution in [2.75, 3.05) is 16.4 Å². The smallest absolute Gasteiger partial charge is 0.251 e. The Labute approximate surface area is 147 Å². The molecule has 0 bridgehead atoms. The third-order valence-electron chi connectivity index (χ3n) is 4.64. The van der Waals surface area contributed by atoms with Gasteiger partial charge in [-0.2, -0.15) is 4.99 Å². The molecule has 0 radical (unpaired) electrons. The molecule has 24 heavy (non-hydrogen) atoms. The molecule has 130 valence electrons. The van der Waals surface area contributed by atoms with Gasteiger partial charge >= 0.3 is 0 Å². The van der Waals surface area contributed by atoms with Gasteiger partial charge in [0.15, 0.2) is 15.0 Å². The molecule has 2 atom stereocenters. The highest BCUT2D eigenvalue weighted by Gasteiger charge is 2.49. The molecule has 0 N–H and O–H groups in total. The fraction of sp³-hybridized carbons (Fsp3) is 0.529. The number of benzene rings is 1. The summed E-state index contributed by atoms with van der Waals surface area (Å²) in [7, 11) is -3.03. The molecule has 2 aliphatic heterocycles. The second-order valence-corrected chi connectivity index (χ2v) is 9.61. The molecular weight excluding hydrogens is 344 g/mol. The van der Waals surface area contributed by atoms with Crippen LogP contribution < -0.4 is 4.90 Å². The number of thioether (sulfide) groups is 1. The first-order valence-electron chi connectivity index (χ1n) is 8.29. The van der Waals surface area contributed by atoms with Gasteiger partial charge in [-0.1, -0.05) is 43.8 Å². The van der Waals surface area contributed by atoms with Crippen molar-refractivity contribution in [2.45, 2.75) is 38.0 Å². The summed E-state index contributed by atoms with van der Waals surface area (Å²) in [6, 6.07) is 9.47. The maximum atomic E-state index is 12.4. The summed E-state index contributed by atoms with van der Waals surface area (Å²) in [5, 5.41) is 0.589. The molecule has 0 aliphatic carbocycles. The van der Waals surface area contributed by atoms with Crippen LogP contribution in [0.2, 0.25) is 0 Å². The van der Waals surface area contributed by atoms with Gasteiger partial charge in [0.1, 0.15) is 0 Å². The molecule has 2 saturated heterocycles. The highest BCUT2D eigenvalue weighted by atomic mass is 32.2. The zero-order valence-corrected chi connectivity index (χ0v) is 15.5. The average molecular weight is 367 g/mol. The van der Waals surface area contributed by atoms with E-state index in [1.54, 1.807) is 0 Å². The summed E-state index contributed by atoms with van der Waals surface area (Å²) in [5.74, 6) is 0.105. The van der Waals surface area contributed by atoms with Crippen LogP contribution >= 0.6 is 11.8 Å². The lowest BCUT2D eigenvalue weighted by atomic mass is 10.0. The van der Waals surface area contributed by atoms with E-state index < -0.39 is 9.84 Å². The standard InChI is InChI=1S/C17H22N2O3S2/c1-3-12(4-2)16(20)18-17-19(13-8-6-5-7-9-13)14-10-24(21,22)11-15(14)23-17/h5-9,12,14-15H,3-4,10-11H2,1-2H3/t14-,15+/m1/s1. The zero-order valence-electron chi connectivity index (χ0n) is 13.9. The maximum Gasteiger partial charge on any atom is 0.251 e. The van der Waals surface area contributed by atoms with E-state index in [1.165, 1.54) is 11.8 Å². The number of carbonyl (C=O) groups excluding carboxylic acids is 1. The molecule has 1 amide bonds. The van der Waals surface area contributed by atoms with Crippen molar-refractivity contribution < 1.29 is 13.2 Å². The fourth-order valence-electron chi connectivity index (χ4n) is 3.28. The predicted octanol–water partition coefficient (Wildman–Crippen LogP) is 2.72. The van der Waals surface area contributed by atoms with E-state index in [9.17, 15) is 13.2 Å². The quantitative estimate of drug-likeness (QED) is 0.820. The molecule has 7 heteroatoms. The summed E-state index contributed by atoms with van der Waals surface area (Å²) in [5.41, 5.74) is 0.894. The molecule has 1 aromatic carbocycles. The van der Waals surface area contributed by atoms with Crippen molar-refractivity contribution in [3.05, 3.63) is 30.3 Å². The van der Waals surface area contributed by atoms with E-state index in [1.807, 2.05) is 49.1 Å². The van der Waals surface area contributed by atoms with Crippen molar-refractivity contribution in [3.63, 3.8) is 0 Å². The molecule has 0 spiro atoms. The second kappa shape index (κ2) is 6.88.